The van der Waals surface area contributed by atoms with E-state index in [-0.39, 0.29) is 11.9 Å². The molecule has 0 saturated carbocycles. The molecule has 2 aromatic rings. The molecule has 1 aliphatic heterocycles. The number of carbonyl (C=O) groups is 2. The van der Waals surface area contributed by atoms with E-state index in [1.54, 1.807) is 59.4 Å². The summed E-state index contributed by atoms with van der Waals surface area (Å²) in [5.41, 5.74) is 1.28. The number of anilines is 1. The van der Waals surface area contributed by atoms with Crippen molar-refractivity contribution in [3.05, 3.63) is 59.1 Å². The molecular weight excluding hydrogens is 366 g/mol. The lowest BCUT2D eigenvalue weighted by Gasteiger charge is -2.22. The van der Waals surface area contributed by atoms with Crippen LogP contribution in [-0.2, 0) is 0 Å². The van der Waals surface area contributed by atoms with E-state index in [2.05, 4.69) is 5.32 Å². The van der Waals surface area contributed by atoms with Gasteiger partial charge in [-0.25, -0.2) is 4.79 Å². The van der Waals surface area contributed by atoms with Crippen LogP contribution in [0, 0.1) is 0 Å². The second kappa shape index (κ2) is 8.77. The minimum atomic E-state index is -0.173. The first kappa shape index (κ1) is 19.0. The van der Waals surface area contributed by atoms with Crippen LogP contribution in [0.25, 0.3) is 0 Å². The van der Waals surface area contributed by atoms with Gasteiger partial charge in [0.25, 0.3) is 5.91 Å². The van der Waals surface area contributed by atoms with E-state index < -0.39 is 0 Å². The molecule has 3 amide bonds. The fourth-order valence-electron chi connectivity index (χ4n) is 3.00. The molecule has 2 aromatic carbocycles. The molecule has 1 heterocycles. The maximum Gasteiger partial charge on any atom is 0.321 e. The quantitative estimate of drug-likeness (QED) is 0.872. The van der Waals surface area contributed by atoms with Crippen molar-refractivity contribution in [2.75, 3.05) is 38.6 Å². The van der Waals surface area contributed by atoms with Crippen LogP contribution in [0.3, 0.4) is 0 Å². The molecule has 142 valence electrons. The lowest BCUT2D eigenvalue weighted by atomic mass is 10.2. The maximum atomic E-state index is 12.8. The highest BCUT2D eigenvalue weighted by Crippen LogP contribution is 2.17. The monoisotopic (exact) mass is 387 g/mol. The van der Waals surface area contributed by atoms with Gasteiger partial charge in [0, 0.05) is 42.5 Å². The Balaban J connectivity index is 1.60. The van der Waals surface area contributed by atoms with Gasteiger partial charge in [0.05, 0.1) is 7.11 Å². The van der Waals surface area contributed by atoms with E-state index in [4.69, 9.17) is 16.3 Å². The van der Waals surface area contributed by atoms with Gasteiger partial charge in [-0.2, -0.15) is 0 Å². The van der Waals surface area contributed by atoms with Gasteiger partial charge in [-0.3, -0.25) is 4.79 Å². The number of nitrogens with one attached hydrogen (secondary N) is 1. The van der Waals surface area contributed by atoms with Crippen molar-refractivity contribution >= 4 is 29.2 Å². The molecular formula is C20H22ClN3O3. The number of benzene rings is 2. The van der Waals surface area contributed by atoms with Crippen molar-refractivity contribution in [3.63, 3.8) is 0 Å². The third-order valence-electron chi connectivity index (χ3n) is 4.48. The average molecular weight is 388 g/mol. The third kappa shape index (κ3) is 4.92. The minimum absolute atomic E-state index is 0.0474. The highest BCUT2D eigenvalue weighted by atomic mass is 35.5. The SMILES string of the molecule is COc1cccc(C(=O)N2CCCN(C(=O)Nc3ccc(Cl)cc3)CC2)c1. The van der Waals surface area contributed by atoms with Crippen LogP contribution in [0.15, 0.2) is 48.5 Å². The standard InChI is InChI=1S/C20H22ClN3O3/c1-27-18-5-2-4-15(14-18)19(25)23-10-3-11-24(13-12-23)20(26)22-17-8-6-16(21)7-9-17/h2,4-9,14H,3,10-13H2,1H3,(H,22,26). The van der Waals surface area contributed by atoms with Gasteiger partial charge in [-0.05, 0) is 48.9 Å². The number of hydrogen-bond acceptors (Lipinski definition) is 3. The van der Waals surface area contributed by atoms with Crippen LogP contribution < -0.4 is 10.1 Å². The van der Waals surface area contributed by atoms with Gasteiger partial charge >= 0.3 is 6.03 Å². The molecule has 1 N–H and O–H groups in total. The zero-order chi connectivity index (χ0) is 19.2. The Morgan fingerprint density at radius 3 is 2.44 bits per heavy atom. The predicted molar refractivity (Wildman–Crippen MR) is 106 cm³/mol. The summed E-state index contributed by atoms with van der Waals surface area (Å²) < 4.78 is 5.19. The number of hydrogen-bond donors (Lipinski definition) is 1. The fourth-order valence-corrected chi connectivity index (χ4v) is 3.12. The molecule has 7 heteroatoms. The Morgan fingerprint density at radius 1 is 1.00 bits per heavy atom. The molecule has 0 aliphatic carbocycles. The zero-order valence-electron chi connectivity index (χ0n) is 15.2. The molecule has 0 bridgehead atoms. The molecule has 1 saturated heterocycles. The molecule has 0 unspecified atom stereocenters. The van der Waals surface area contributed by atoms with Gasteiger partial charge in [-0.15, -0.1) is 0 Å². The third-order valence-corrected chi connectivity index (χ3v) is 4.73. The number of methoxy groups -OCH3 is 1. The summed E-state index contributed by atoms with van der Waals surface area (Å²) in [5, 5.41) is 3.49. The van der Waals surface area contributed by atoms with Crippen LogP contribution in [0.2, 0.25) is 5.02 Å². The van der Waals surface area contributed by atoms with E-state index in [1.165, 1.54) is 0 Å². The summed E-state index contributed by atoms with van der Waals surface area (Å²) in [6.07, 6.45) is 0.726. The molecule has 0 spiro atoms. The van der Waals surface area contributed by atoms with Crippen molar-refractivity contribution in [1.29, 1.82) is 0 Å². The Labute approximate surface area is 163 Å². The van der Waals surface area contributed by atoms with Crippen molar-refractivity contribution in [2.24, 2.45) is 0 Å². The van der Waals surface area contributed by atoms with E-state index in [1.807, 2.05) is 6.07 Å². The first-order chi connectivity index (χ1) is 13.1. The highest BCUT2D eigenvalue weighted by Gasteiger charge is 2.23. The number of halogens is 1. The molecule has 0 radical (unpaired) electrons. The molecule has 1 aliphatic rings. The van der Waals surface area contributed by atoms with E-state index in [0.717, 1.165) is 6.42 Å². The number of amides is 3. The highest BCUT2D eigenvalue weighted by molar-refractivity contribution is 6.30. The van der Waals surface area contributed by atoms with Crippen LogP contribution in [0.1, 0.15) is 16.8 Å². The van der Waals surface area contributed by atoms with E-state index in [9.17, 15) is 9.59 Å². The van der Waals surface area contributed by atoms with Gasteiger partial charge in [0.15, 0.2) is 0 Å². The lowest BCUT2D eigenvalue weighted by molar-refractivity contribution is 0.0762. The smallest absolute Gasteiger partial charge is 0.321 e. The van der Waals surface area contributed by atoms with Gasteiger partial charge < -0.3 is 19.9 Å². The normalized spacial score (nSPS) is 14.4. The predicted octanol–water partition coefficient (Wildman–Crippen LogP) is 3.73. The summed E-state index contributed by atoms with van der Waals surface area (Å²) in [5.74, 6) is 0.605. The Hall–Kier alpha value is -2.73. The second-order valence-electron chi connectivity index (χ2n) is 6.30. The number of carbonyl (C=O) groups excluding carboxylic acids is 2. The molecule has 1 fully saturated rings. The van der Waals surface area contributed by atoms with E-state index in [0.29, 0.717) is 48.2 Å². The summed E-state index contributed by atoms with van der Waals surface area (Å²) in [4.78, 5) is 28.8. The van der Waals surface area contributed by atoms with Gasteiger partial charge in [-0.1, -0.05) is 17.7 Å². The fraction of sp³-hybridized carbons (Fsp3) is 0.300. The lowest BCUT2D eigenvalue weighted by Crippen LogP contribution is -2.39. The molecule has 6 nitrogen and oxygen atoms in total. The zero-order valence-corrected chi connectivity index (χ0v) is 15.9. The van der Waals surface area contributed by atoms with Gasteiger partial charge in [0.1, 0.15) is 5.75 Å². The van der Waals surface area contributed by atoms with Crippen LogP contribution in [0.5, 0.6) is 5.75 Å². The Bertz CT molecular complexity index is 810. The van der Waals surface area contributed by atoms with Crippen molar-refractivity contribution < 1.29 is 14.3 Å². The number of rotatable bonds is 3. The minimum Gasteiger partial charge on any atom is -0.497 e. The molecule has 3 rings (SSSR count). The average Bonchev–Trinajstić information content (AvgIpc) is 2.95. The second-order valence-corrected chi connectivity index (χ2v) is 6.74. The van der Waals surface area contributed by atoms with Crippen molar-refractivity contribution in [2.45, 2.75) is 6.42 Å². The first-order valence-electron chi connectivity index (χ1n) is 8.81. The Morgan fingerprint density at radius 2 is 1.70 bits per heavy atom. The number of urea groups is 1. The van der Waals surface area contributed by atoms with E-state index >= 15 is 0 Å². The number of ether oxygens (including phenoxy) is 1. The molecule has 0 atom stereocenters. The van der Waals surface area contributed by atoms with Crippen molar-refractivity contribution in [1.82, 2.24) is 9.80 Å². The summed E-state index contributed by atoms with van der Waals surface area (Å²) in [7, 11) is 1.58. The first-order valence-corrected chi connectivity index (χ1v) is 9.19. The molecule has 27 heavy (non-hydrogen) atoms. The summed E-state index contributed by atoms with van der Waals surface area (Å²) in [6.45, 7) is 2.18. The largest absolute Gasteiger partial charge is 0.497 e. The van der Waals surface area contributed by atoms with Crippen molar-refractivity contribution in [3.8, 4) is 5.75 Å². The maximum absolute atomic E-state index is 12.8. The number of nitrogens with zero attached hydrogens (tertiary/aromatic N) is 2. The summed E-state index contributed by atoms with van der Waals surface area (Å²) in [6, 6.07) is 13.9. The summed E-state index contributed by atoms with van der Waals surface area (Å²) >= 11 is 5.87. The topological polar surface area (TPSA) is 61.9 Å². The van der Waals surface area contributed by atoms with Crippen LogP contribution in [0.4, 0.5) is 10.5 Å². The van der Waals surface area contributed by atoms with Crippen LogP contribution >= 0.6 is 11.6 Å². The Kier molecular flexibility index (Phi) is 6.19. The molecule has 0 aromatic heterocycles. The van der Waals surface area contributed by atoms with Gasteiger partial charge in [0.2, 0.25) is 0 Å². The van der Waals surface area contributed by atoms with Crippen LogP contribution in [-0.4, -0.2) is 55.0 Å².